The van der Waals surface area contributed by atoms with E-state index >= 15 is 0 Å². The summed E-state index contributed by atoms with van der Waals surface area (Å²) in [4.78, 5) is 8.65. The minimum Gasteiger partial charge on any atom is -0.496 e. The average molecular weight is 253 g/mol. The van der Waals surface area contributed by atoms with Gasteiger partial charge in [-0.25, -0.2) is 9.97 Å². The van der Waals surface area contributed by atoms with Gasteiger partial charge in [0.15, 0.2) is 0 Å². The first-order valence-electron chi connectivity index (χ1n) is 6.08. The Balaban J connectivity index is 2.31. The van der Waals surface area contributed by atoms with Crippen LogP contribution < -0.4 is 4.74 Å². The van der Waals surface area contributed by atoms with Crippen molar-refractivity contribution in [2.24, 2.45) is 0 Å². The third kappa shape index (κ3) is 3.08. The molecule has 0 unspecified atom stereocenters. The lowest BCUT2D eigenvalue weighted by Gasteiger charge is -2.07. The molecule has 0 saturated heterocycles. The van der Waals surface area contributed by atoms with Crippen LogP contribution in [0.5, 0.6) is 5.75 Å². The van der Waals surface area contributed by atoms with E-state index in [9.17, 15) is 0 Å². The number of aromatic nitrogens is 2. The van der Waals surface area contributed by atoms with Crippen LogP contribution in [0.25, 0.3) is 11.3 Å². The molecule has 0 N–H and O–H groups in total. The summed E-state index contributed by atoms with van der Waals surface area (Å²) in [5, 5.41) is 8.59. The minimum atomic E-state index is 0.436. The maximum Gasteiger partial charge on any atom is 0.129 e. The first-order valence-corrected chi connectivity index (χ1v) is 6.08. The second-order valence-electron chi connectivity index (χ2n) is 4.20. The van der Waals surface area contributed by atoms with Crippen LogP contribution in [0, 0.1) is 18.3 Å². The molecule has 0 aliphatic rings. The topological polar surface area (TPSA) is 58.8 Å². The minimum absolute atomic E-state index is 0.436. The zero-order chi connectivity index (χ0) is 13.7. The maximum absolute atomic E-state index is 8.59. The molecule has 2 rings (SSSR count). The summed E-state index contributed by atoms with van der Waals surface area (Å²) in [6.07, 6.45) is 2.75. The largest absolute Gasteiger partial charge is 0.496 e. The molecule has 4 nitrogen and oxygen atoms in total. The van der Waals surface area contributed by atoms with E-state index in [1.807, 2.05) is 31.2 Å². The zero-order valence-electron chi connectivity index (χ0n) is 11.1. The van der Waals surface area contributed by atoms with Crippen LogP contribution in [-0.4, -0.2) is 17.1 Å². The Hall–Kier alpha value is -2.41. The van der Waals surface area contributed by atoms with E-state index in [1.54, 1.807) is 13.3 Å². The predicted molar refractivity (Wildman–Crippen MR) is 72.7 cm³/mol. The Bertz CT molecular complexity index is 617. The van der Waals surface area contributed by atoms with Crippen molar-refractivity contribution in [2.75, 3.05) is 7.11 Å². The predicted octanol–water partition coefficient (Wildman–Crippen LogP) is 2.92. The van der Waals surface area contributed by atoms with Gasteiger partial charge in [0.1, 0.15) is 11.6 Å². The third-order valence-corrected chi connectivity index (χ3v) is 2.86. The van der Waals surface area contributed by atoms with Crippen LogP contribution in [0.1, 0.15) is 17.8 Å². The number of methoxy groups -OCH3 is 1. The maximum atomic E-state index is 8.59. The molecule has 0 aliphatic carbocycles. The molecule has 2 aromatic rings. The Morgan fingerprint density at radius 2 is 2.16 bits per heavy atom. The molecule has 0 aliphatic heterocycles. The van der Waals surface area contributed by atoms with E-state index < -0.39 is 0 Å². The molecular formula is C15H15N3O. The Labute approximate surface area is 112 Å². The number of aryl methyl sites for hydroxylation is 2. The van der Waals surface area contributed by atoms with Crippen LogP contribution in [0.2, 0.25) is 0 Å². The average Bonchev–Trinajstić information content (AvgIpc) is 2.45. The monoisotopic (exact) mass is 253 g/mol. The number of rotatable bonds is 4. The number of benzene rings is 1. The summed E-state index contributed by atoms with van der Waals surface area (Å²) in [6.45, 7) is 2.00. The van der Waals surface area contributed by atoms with E-state index in [0.29, 0.717) is 18.7 Å². The lowest BCUT2D eigenvalue weighted by Crippen LogP contribution is -1.96. The molecule has 0 atom stereocenters. The molecule has 0 saturated carbocycles. The zero-order valence-corrected chi connectivity index (χ0v) is 11.1. The Morgan fingerprint density at radius 1 is 1.32 bits per heavy atom. The van der Waals surface area contributed by atoms with Gasteiger partial charge in [0.25, 0.3) is 0 Å². The van der Waals surface area contributed by atoms with Crippen molar-refractivity contribution in [3.63, 3.8) is 0 Å². The molecule has 19 heavy (non-hydrogen) atoms. The lowest BCUT2D eigenvalue weighted by molar-refractivity contribution is 0.412. The standard InChI is InChI=1S/C15H15N3O/c1-11-10-12(5-6-14(11)19-2)13-7-9-17-15(18-13)4-3-8-16/h5-7,9-10H,3-4H2,1-2H3. The number of nitriles is 1. The summed E-state index contributed by atoms with van der Waals surface area (Å²) in [5.74, 6) is 1.56. The molecule has 0 amide bonds. The van der Waals surface area contributed by atoms with E-state index in [0.717, 1.165) is 22.6 Å². The van der Waals surface area contributed by atoms with Crippen molar-refractivity contribution in [1.82, 2.24) is 9.97 Å². The van der Waals surface area contributed by atoms with E-state index in [-0.39, 0.29) is 0 Å². The fourth-order valence-corrected chi connectivity index (χ4v) is 1.89. The van der Waals surface area contributed by atoms with Crippen molar-refractivity contribution in [3.8, 4) is 23.1 Å². The number of nitrogens with zero attached hydrogens (tertiary/aromatic N) is 3. The van der Waals surface area contributed by atoms with Crippen molar-refractivity contribution < 1.29 is 4.74 Å². The van der Waals surface area contributed by atoms with Crippen LogP contribution in [0.3, 0.4) is 0 Å². The molecule has 96 valence electrons. The van der Waals surface area contributed by atoms with Crippen molar-refractivity contribution >= 4 is 0 Å². The van der Waals surface area contributed by atoms with Gasteiger partial charge in [-0.05, 0) is 36.8 Å². The molecule has 0 radical (unpaired) electrons. The summed E-state index contributed by atoms with van der Waals surface area (Å²) >= 11 is 0. The van der Waals surface area contributed by atoms with Crippen molar-refractivity contribution in [1.29, 1.82) is 5.26 Å². The quantitative estimate of drug-likeness (QED) is 0.840. The van der Waals surface area contributed by atoms with E-state index in [4.69, 9.17) is 10.00 Å². The van der Waals surface area contributed by atoms with Crippen LogP contribution in [0.15, 0.2) is 30.5 Å². The lowest BCUT2D eigenvalue weighted by atomic mass is 10.1. The molecule has 0 spiro atoms. The second-order valence-corrected chi connectivity index (χ2v) is 4.20. The van der Waals surface area contributed by atoms with Gasteiger partial charge in [0, 0.05) is 24.6 Å². The first-order chi connectivity index (χ1) is 9.24. The van der Waals surface area contributed by atoms with E-state index in [1.165, 1.54) is 0 Å². The second kappa shape index (κ2) is 5.96. The van der Waals surface area contributed by atoms with Gasteiger partial charge in [-0.2, -0.15) is 5.26 Å². The van der Waals surface area contributed by atoms with Crippen molar-refractivity contribution in [2.45, 2.75) is 19.8 Å². The fourth-order valence-electron chi connectivity index (χ4n) is 1.89. The van der Waals surface area contributed by atoms with Gasteiger partial charge in [0.2, 0.25) is 0 Å². The number of ether oxygens (including phenoxy) is 1. The normalized spacial score (nSPS) is 9.95. The fraction of sp³-hybridized carbons (Fsp3) is 0.267. The van der Waals surface area contributed by atoms with Crippen LogP contribution >= 0.6 is 0 Å². The third-order valence-electron chi connectivity index (χ3n) is 2.86. The van der Waals surface area contributed by atoms with Crippen LogP contribution in [0.4, 0.5) is 0 Å². The van der Waals surface area contributed by atoms with E-state index in [2.05, 4.69) is 16.0 Å². The molecule has 0 bridgehead atoms. The number of hydrogen-bond donors (Lipinski definition) is 0. The molecule has 1 aromatic heterocycles. The summed E-state index contributed by atoms with van der Waals surface area (Å²) in [7, 11) is 1.66. The van der Waals surface area contributed by atoms with Gasteiger partial charge in [-0.15, -0.1) is 0 Å². The molecule has 1 aromatic carbocycles. The van der Waals surface area contributed by atoms with Gasteiger partial charge in [-0.1, -0.05) is 0 Å². The highest BCUT2D eigenvalue weighted by Gasteiger charge is 2.05. The molecule has 4 heteroatoms. The van der Waals surface area contributed by atoms with Gasteiger partial charge in [0.05, 0.1) is 18.9 Å². The highest BCUT2D eigenvalue weighted by molar-refractivity contribution is 5.61. The van der Waals surface area contributed by atoms with Crippen molar-refractivity contribution in [3.05, 3.63) is 41.9 Å². The van der Waals surface area contributed by atoms with Crippen LogP contribution in [-0.2, 0) is 6.42 Å². The Kier molecular flexibility index (Phi) is 4.09. The van der Waals surface area contributed by atoms with Gasteiger partial charge in [-0.3, -0.25) is 0 Å². The first kappa shape index (κ1) is 13.0. The SMILES string of the molecule is COc1ccc(-c2ccnc(CCC#N)n2)cc1C. The number of hydrogen-bond acceptors (Lipinski definition) is 4. The molecular weight excluding hydrogens is 238 g/mol. The summed E-state index contributed by atoms with van der Waals surface area (Å²) in [6, 6.07) is 9.92. The molecule has 0 fully saturated rings. The summed E-state index contributed by atoms with van der Waals surface area (Å²) in [5.41, 5.74) is 2.96. The highest BCUT2D eigenvalue weighted by Crippen LogP contribution is 2.24. The Morgan fingerprint density at radius 3 is 2.84 bits per heavy atom. The highest BCUT2D eigenvalue weighted by atomic mass is 16.5. The van der Waals surface area contributed by atoms with Gasteiger partial charge >= 0.3 is 0 Å². The smallest absolute Gasteiger partial charge is 0.129 e. The van der Waals surface area contributed by atoms with Gasteiger partial charge < -0.3 is 4.74 Å². The summed E-state index contributed by atoms with van der Waals surface area (Å²) < 4.78 is 5.24. The molecule has 1 heterocycles.